The number of carbonyl (C=O) groups is 1. The molecule has 1 heterocycles. The van der Waals surface area contributed by atoms with Crippen LogP contribution < -0.4 is 20.1 Å². The number of nitrogens with one attached hydrogen (secondary N) is 2. The van der Waals surface area contributed by atoms with Gasteiger partial charge in [-0.15, -0.1) is 0 Å². The van der Waals surface area contributed by atoms with Crippen LogP contribution in [0.3, 0.4) is 0 Å². The molecule has 5 rings (SSSR count). The van der Waals surface area contributed by atoms with Crippen LogP contribution >= 0.6 is 0 Å². The van der Waals surface area contributed by atoms with Crippen LogP contribution in [-0.4, -0.2) is 24.2 Å². The molecular weight excluding hydrogens is 505 g/mol. The summed E-state index contributed by atoms with van der Waals surface area (Å²) in [7, 11) is 1.67. The molecule has 2 N–H and O–H groups in total. The monoisotopic (exact) mass is 539 g/mol. The minimum Gasteiger partial charge on any atom is -0.493 e. The van der Waals surface area contributed by atoms with E-state index in [2.05, 4.69) is 33.8 Å². The van der Waals surface area contributed by atoms with E-state index in [4.69, 9.17) is 9.47 Å². The zero-order valence-electron chi connectivity index (χ0n) is 22.6. The third-order valence-electron chi connectivity index (χ3n) is 7.29. The minimum atomic E-state index is -0.330. The lowest BCUT2D eigenvalue weighted by molar-refractivity contribution is 0.200. The predicted molar refractivity (Wildman–Crippen MR) is 154 cm³/mol. The Bertz CT molecular complexity index is 1410. The van der Waals surface area contributed by atoms with Crippen molar-refractivity contribution in [2.45, 2.75) is 50.7 Å². The number of urea groups is 1. The first-order chi connectivity index (χ1) is 19.6. The summed E-state index contributed by atoms with van der Waals surface area (Å²) in [6.45, 7) is 0.298. The van der Waals surface area contributed by atoms with Crippen LogP contribution in [0.2, 0.25) is 0 Å². The number of anilines is 1. The van der Waals surface area contributed by atoms with E-state index in [1.807, 2.05) is 36.4 Å². The lowest BCUT2D eigenvalue weighted by Gasteiger charge is -2.22. The molecule has 1 fully saturated rings. The number of carbonyl (C=O) groups excluding carboxylic acids is 1. The Morgan fingerprint density at radius 2 is 1.68 bits per heavy atom. The van der Waals surface area contributed by atoms with Gasteiger partial charge in [0.2, 0.25) is 0 Å². The van der Waals surface area contributed by atoms with Crippen molar-refractivity contribution in [3.8, 4) is 11.5 Å². The zero-order valence-corrected chi connectivity index (χ0v) is 22.6. The molecule has 2 amide bonds. The molecule has 0 bridgehead atoms. The van der Waals surface area contributed by atoms with E-state index in [-0.39, 0.29) is 23.9 Å². The molecule has 1 unspecified atom stereocenters. The highest BCUT2D eigenvalue weighted by Crippen LogP contribution is 2.37. The van der Waals surface area contributed by atoms with Gasteiger partial charge < -0.3 is 20.1 Å². The van der Waals surface area contributed by atoms with Crippen LogP contribution in [0.4, 0.5) is 14.9 Å². The van der Waals surface area contributed by atoms with Crippen LogP contribution in [0.15, 0.2) is 91.3 Å². The van der Waals surface area contributed by atoms with E-state index < -0.39 is 0 Å². The van der Waals surface area contributed by atoms with Crippen molar-refractivity contribution in [1.82, 2.24) is 10.3 Å². The predicted octanol–water partition coefficient (Wildman–Crippen LogP) is 7.25. The summed E-state index contributed by atoms with van der Waals surface area (Å²) < 4.78 is 25.2. The number of halogens is 1. The first kappa shape index (κ1) is 27.2. The molecule has 0 spiro atoms. The Hall–Kier alpha value is -4.39. The maximum Gasteiger partial charge on any atom is 0.319 e. The van der Waals surface area contributed by atoms with E-state index >= 15 is 0 Å². The van der Waals surface area contributed by atoms with Crippen molar-refractivity contribution in [2.75, 3.05) is 12.4 Å². The lowest BCUT2D eigenvalue weighted by atomic mass is 9.85. The van der Waals surface area contributed by atoms with E-state index in [1.54, 1.807) is 31.6 Å². The molecule has 1 saturated carbocycles. The first-order valence-corrected chi connectivity index (χ1v) is 13.7. The fourth-order valence-electron chi connectivity index (χ4n) is 5.16. The fraction of sp³-hybridized carbons (Fsp3) is 0.273. The Balaban J connectivity index is 1.38. The van der Waals surface area contributed by atoms with Crippen LogP contribution in [-0.2, 0) is 13.0 Å². The summed E-state index contributed by atoms with van der Waals surface area (Å²) >= 11 is 0. The lowest BCUT2D eigenvalue weighted by Crippen LogP contribution is -2.28. The van der Waals surface area contributed by atoms with Crippen molar-refractivity contribution in [2.24, 2.45) is 0 Å². The zero-order chi connectivity index (χ0) is 27.7. The van der Waals surface area contributed by atoms with Crippen molar-refractivity contribution in [3.63, 3.8) is 0 Å². The smallest absolute Gasteiger partial charge is 0.319 e. The van der Waals surface area contributed by atoms with Crippen molar-refractivity contribution in [1.29, 1.82) is 0 Å². The Labute approximate surface area is 234 Å². The van der Waals surface area contributed by atoms with E-state index in [0.717, 1.165) is 53.0 Å². The number of benzene rings is 3. The van der Waals surface area contributed by atoms with Crippen molar-refractivity contribution >= 4 is 11.7 Å². The van der Waals surface area contributed by atoms with Crippen molar-refractivity contribution < 1.29 is 18.7 Å². The van der Waals surface area contributed by atoms with Gasteiger partial charge in [0.15, 0.2) is 11.5 Å². The Kier molecular flexibility index (Phi) is 8.91. The second-order valence-electron chi connectivity index (χ2n) is 10.1. The van der Waals surface area contributed by atoms with Crippen LogP contribution in [0.5, 0.6) is 11.5 Å². The van der Waals surface area contributed by atoms with Gasteiger partial charge in [0.25, 0.3) is 0 Å². The highest BCUT2D eigenvalue weighted by atomic mass is 19.1. The van der Waals surface area contributed by atoms with Gasteiger partial charge >= 0.3 is 6.03 Å². The van der Waals surface area contributed by atoms with Gasteiger partial charge in [-0.05, 0) is 103 Å². The van der Waals surface area contributed by atoms with Gasteiger partial charge in [-0.3, -0.25) is 4.98 Å². The Morgan fingerprint density at radius 1 is 0.925 bits per heavy atom. The minimum absolute atomic E-state index is 0.00302. The van der Waals surface area contributed by atoms with Gasteiger partial charge in [-0.25, -0.2) is 9.18 Å². The standard InChI is InChI=1S/C33H34FN3O3/c1-39-31-14-11-26(21-32(31)40-29-7-2-3-8-29)30(19-23-15-17-35-18-16-23)25-5-4-6-28(20-25)37-33(38)36-22-24-9-12-27(34)13-10-24/h4-6,9-18,20-21,29-30H,2-3,7-8,19,22H2,1H3,(H2,36,37,38). The molecular formula is C33H34FN3O3. The number of nitrogens with zero attached hydrogens (tertiary/aromatic N) is 1. The molecule has 4 aromatic rings. The highest BCUT2D eigenvalue weighted by molar-refractivity contribution is 5.89. The van der Waals surface area contributed by atoms with Gasteiger partial charge in [0.05, 0.1) is 13.2 Å². The average molecular weight is 540 g/mol. The van der Waals surface area contributed by atoms with E-state index in [1.165, 1.54) is 25.0 Å². The summed E-state index contributed by atoms with van der Waals surface area (Å²) in [6.07, 6.45) is 9.07. The number of amides is 2. The van der Waals surface area contributed by atoms with Gasteiger partial charge in [0, 0.05) is 30.5 Å². The van der Waals surface area contributed by atoms with Crippen LogP contribution in [0.25, 0.3) is 0 Å². The maximum absolute atomic E-state index is 13.2. The molecule has 40 heavy (non-hydrogen) atoms. The number of ether oxygens (including phenoxy) is 2. The molecule has 1 aliphatic rings. The van der Waals surface area contributed by atoms with Crippen molar-refractivity contribution in [3.05, 3.63) is 119 Å². The van der Waals surface area contributed by atoms with Gasteiger partial charge in [0.1, 0.15) is 5.82 Å². The molecule has 1 aromatic heterocycles. The SMILES string of the molecule is COc1ccc(C(Cc2ccncc2)c2cccc(NC(=O)NCc3ccc(F)cc3)c2)cc1OC1CCCC1. The highest BCUT2D eigenvalue weighted by Gasteiger charge is 2.22. The molecule has 7 heteroatoms. The summed E-state index contributed by atoms with van der Waals surface area (Å²) in [5, 5.41) is 5.76. The third kappa shape index (κ3) is 7.17. The molecule has 206 valence electrons. The number of pyridine rings is 1. The number of rotatable bonds is 10. The molecule has 3 aromatic carbocycles. The molecule has 0 aliphatic heterocycles. The van der Waals surface area contributed by atoms with Gasteiger partial charge in [-0.1, -0.05) is 30.3 Å². The third-order valence-corrected chi connectivity index (χ3v) is 7.29. The summed E-state index contributed by atoms with van der Waals surface area (Å²) in [5.41, 5.74) is 4.82. The molecule has 1 atom stereocenters. The normalized spacial score (nSPS) is 13.9. The quantitative estimate of drug-likeness (QED) is 0.223. The molecule has 0 saturated heterocycles. The van der Waals surface area contributed by atoms with E-state index in [0.29, 0.717) is 12.2 Å². The van der Waals surface area contributed by atoms with Crippen LogP contribution in [0, 0.1) is 5.82 Å². The van der Waals surface area contributed by atoms with Gasteiger partial charge in [-0.2, -0.15) is 0 Å². The number of methoxy groups -OCH3 is 1. The van der Waals surface area contributed by atoms with E-state index in [9.17, 15) is 9.18 Å². The summed E-state index contributed by atoms with van der Waals surface area (Å²) in [4.78, 5) is 16.8. The largest absolute Gasteiger partial charge is 0.493 e. The van der Waals surface area contributed by atoms with Crippen LogP contribution in [0.1, 0.15) is 53.9 Å². The number of hydrogen-bond donors (Lipinski definition) is 2. The second kappa shape index (κ2) is 13.1. The first-order valence-electron chi connectivity index (χ1n) is 13.7. The topological polar surface area (TPSA) is 72.5 Å². The maximum atomic E-state index is 13.2. The molecule has 1 aliphatic carbocycles. The summed E-state index contributed by atoms with van der Waals surface area (Å²) in [5.74, 6) is 1.19. The Morgan fingerprint density at radius 3 is 2.42 bits per heavy atom. The molecule has 0 radical (unpaired) electrons. The second-order valence-corrected chi connectivity index (χ2v) is 10.1. The number of aromatic nitrogens is 1. The number of hydrogen-bond acceptors (Lipinski definition) is 4. The summed E-state index contributed by atoms with van der Waals surface area (Å²) in [6, 6.07) is 23.8. The average Bonchev–Trinajstić information content (AvgIpc) is 3.49. The fourth-order valence-corrected chi connectivity index (χ4v) is 5.16. The molecule has 6 nitrogen and oxygen atoms in total.